The standard InChI is InChI=1S/C7H10F3N3O4/c1-6(2)13(5(14)17-6)11-4(3-12(15)16)7(8,9)10/h4,11H,3H2,1-2H3. The topological polar surface area (TPSA) is 84.7 Å². The van der Waals surface area contributed by atoms with Crippen molar-refractivity contribution in [2.24, 2.45) is 0 Å². The number of halogens is 3. The fourth-order valence-electron chi connectivity index (χ4n) is 1.22. The Labute approximate surface area is 93.6 Å². The van der Waals surface area contributed by atoms with E-state index in [1.807, 2.05) is 0 Å². The maximum Gasteiger partial charge on any atom is 0.429 e. The van der Waals surface area contributed by atoms with Crippen LogP contribution < -0.4 is 5.43 Å². The van der Waals surface area contributed by atoms with Gasteiger partial charge in [0.05, 0.1) is 0 Å². The Morgan fingerprint density at radius 2 is 2.12 bits per heavy atom. The number of hydrazine groups is 1. The number of rotatable bonds is 4. The molecule has 1 N–H and O–H groups in total. The molecule has 1 aliphatic heterocycles. The molecule has 0 aromatic heterocycles. The van der Waals surface area contributed by atoms with Crippen LogP contribution in [0.3, 0.4) is 0 Å². The van der Waals surface area contributed by atoms with Crippen LogP contribution in [0.1, 0.15) is 13.8 Å². The van der Waals surface area contributed by atoms with Crippen molar-refractivity contribution in [1.29, 1.82) is 0 Å². The quantitative estimate of drug-likeness (QED) is 0.597. The number of cyclic esters (lactones) is 1. The zero-order chi connectivity index (χ0) is 13.4. The second-order valence-electron chi connectivity index (χ2n) is 3.89. The van der Waals surface area contributed by atoms with E-state index in [0.29, 0.717) is 5.01 Å². The predicted molar refractivity (Wildman–Crippen MR) is 47.2 cm³/mol. The van der Waals surface area contributed by atoms with Crippen LogP contribution in [0.5, 0.6) is 0 Å². The minimum Gasteiger partial charge on any atom is -0.421 e. The van der Waals surface area contributed by atoms with Crippen molar-refractivity contribution >= 4 is 6.09 Å². The minimum absolute atomic E-state index is 0.578. The second kappa shape index (κ2) is 4.02. The smallest absolute Gasteiger partial charge is 0.421 e. The Morgan fingerprint density at radius 3 is 2.41 bits per heavy atom. The summed E-state index contributed by atoms with van der Waals surface area (Å²) in [6.07, 6.45) is -5.84. The van der Waals surface area contributed by atoms with Crippen molar-refractivity contribution in [3.05, 3.63) is 10.1 Å². The number of carbonyl (C=O) groups excluding carboxylic acids is 1. The number of ether oxygens (including phenoxy) is 1. The monoisotopic (exact) mass is 257 g/mol. The average Bonchev–Trinajstić information content (AvgIpc) is 2.08. The number of hydrogen-bond acceptors (Lipinski definition) is 5. The Morgan fingerprint density at radius 1 is 1.59 bits per heavy atom. The summed E-state index contributed by atoms with van der Waals surface area (Å²) < 4.78 is 41.8. The van der Waals surface area contributed by atoms with Gasteiger partial charge in [-0.3, -0.25) is 10.1 Å². The van der Waals surface area contributed by atoms with Gasteiger partial charge in [0.1, 0.15) is 0 Å². The van der Waals surface area contributed by atoms with E-state index in [1.54, 1.807) is 5.43 Å². The third kappa shape index (κ3) is 2.96. The molecule has 1 saturated heterocycles. The molecule has 1 fully saturated rings. The molecule has 0 bridgehead atoms. The molecular weight excluding hydrogens is 247 g/mol. The van der Waals surface area contributed by atoms with Crippen molar-refractivity contribution in [3.63, 3.8) is 0 Å². The van der Waals surface area contributed by atoms with E-state index < -0.39 is 35.5 Å². The van der Waals surface area contributed by atoms with Crippen LogP contribution in [0.2, 0.25) is 0 Å². The lowest BCUT2D eigenvalue weighted by atomic mass is 10.2. The first-order valence-corrected chi connectivity index (χ1v) is 4.52. The predicted octanol–water partition coefficient (Wildman–Crippen LogP) is 0.887. The fraction of sp³-hybridized carbons (Fsp3) is 0.857. The van der Waals surface area contributed by atoms with Gasteiger partial charge in [0.15, 0.2) is 6.04 Å². The number of nitrogens with zero attached hydrogens (tertiary/aromatic N) is 2. The maximum atomic E-state index is 12.4. The van der Waals surface area contributed by atoms with Gasteiger partial charge in [0, 0.05) is 4.92 Å². The highest BCUT2D eigenvalue weighted by atomic mass is 19.4. The van der Waals surface area contributed by atoms with Crippen molar-refractivity contribution in [2.75, 3.05) is 6.54 Å². The fourth-order valence-corrected chi connectivity index (χ4v) is 1.22. The highest BCUT2D eigenvalue weighted by Gasteiger charge is 2.52. The summed E-state index contributed by atoms with van der Waals surface area (Å²) in [6, 6.07) is -2.44. The molecule has 7 nitrogen and oxygen atoms in total. The number of amides is 1. The normalized spacial score (nSPS) is 20.5. The summed E-state index contributed by atoms with van der Waals surface area (Å²) in [7, 11) is 0. The molecule has 1 unspecified atom stereocenters. The lowest BCUT2D eigenvalue weighted by molar-refractivity contribution is -0.493. The Hall–Kier alpha value is -1.58. The average molecular weight is 257 g/mol. The lowest BCUT2D eigenvalue weighted by Crippen LogP contribution is -2.71. The summed E-state index contributed by atoms with van der Waals surface area (Å²) >= 11 is 0. The summed E-state index contributed by atoms with van der Waals surface area (Å²) in [5.41, 5.74) is 0.504. The number of alkyl halides is 3. The molecule has 1 amide bonds. The molecule has 1 atom stereocenters. The molecule has 0 aromatic carbocycles. The largest absolute Gasteiger partial charge is 0.429 e. The van der Waals surface area contributed by atoms with E-state index in [4.69, 9.17) is 0 Å². The summed E-state index contributed by atoms with van der Waals surface area (Å²) in [4.78, 5) is 19.9. The SMILES string of the molecule is CC1(C)OC(=O)N1NC(C[N+](=O)[O-])C(F)(F)F. The molecule has 0 aromatic rings. The Balaban J connectivity index is 2.73. The first-order valence-electron chi connectivity index (χ1n) is 4.52. The van der Waals surface area contributed by atoms with Crippen LogP contribution in [0.15, 0.2) is 0 Å². The Bertz CT molecular complexity index is 344. The minimum atomic E-state index is -4.83. The number of nitrogens with one attached hydrogen (secondary N) is 1. The van der Waals surface area contributed by atoms with Crippen LogP contribution in [0.4, 0.5) is 18.0 Å². The van der Waals surface area contributed by atoms with Crippen LogP contribution in [0.25, 0.3) is 0 Å². The molecule has 0 saturated carbocycles. The highest BCUT2D eigenvalue weighted by molar-refractivity contribution is 5.73. The molecule has 0 spiro atoms. The molecule has 10 heteroatoms. The van der Waals surface area contributed by atoms with Gasteiger partial charge in [-0.15, -0.1) is 0 Å². The van der Waals surface area contributed by atoms with Crippen LogP contribution >= 0.6 is 0 Å². The van der Waals surface area contributed by atoms with E-state index >= 15 is 0 Å². The van der Waals surface area contributed by atoms with E-state index in [0.717, 1.165) is 0 Å². The molecule has 1 aliphatic rings. The van der Waals surface area contributed by atoms with Crippen LogP contribution in [-0.2, 0) is 4.74 Å². The van der Waals surface area contributed by atoms with Crippen molar-refractivity contribution in [3.8, 4) is 0 Å². The molecule has 1 rings (SSSR count). The van der Waals surface area contributed by atoms with Crippen molar-refractivity contribution in [2.45, 2.75) is 31.8 Å². The van der Waals surface area contributed by atoms with Crippen molar-refractivity contribution in [1.82, 2.24) is 10.4 Å². The zero-order valence-corrected chi connectivity index (χ0v) is 8.95. The van der Waals surface area contributed by atoms with Gasteiger partial charge in [0.25, 0.3) is 0 Å². The van der Waals surface area contributed by atoms with Crippen LogP contribution in [-0.4, -0.2) is 40.5 Å². The summed E-state index contributed by atoms with van der Waals surface area (Å²) in [5.74, 6) is 0. The van der Waals surface area contributed by atoms with E-state index in [-0.39, 0.29) is 0 Å². The third-order valence-corrected chi connectivity index (χ3v) is 2.07. The van der Waals surface area contributed by atoms with Crippen LogP contribution in [0, 0.1) is 10.1 Å². The molecule has 0 aliphatic carbocycles. The summed E-state index contributed by atoms with van der Waals surface area (Å²) in [6.45, 7) is 1.32. The van der Waals surface area contributed by atoms with Gasteiger partial charge < -0.3 is 4.74 Å². The first kappa shape index (κ1) is 13.5. The van der Waals surface area contributed by atoms with Gasteiger partial charge in [0.2, 0.25) is 12.3 Å². The maximum absolute atomic E-state index is 12.4. The lowest BCUT2D eigenvalue weighted by Gasteiger charge is -2.47. The molecule has 98 valence electrons. The van der Waals surface area contributed by atoms with Gasteiger partial charge in [-0.05, 0) is 13.8 Å². The van der Waals surface area contributed by atoms with Gasteiger partial charge >= 0.3 is 12.3 Å². The van der Waals surface area contributed by atoms with E-state index in [9.17, 15) is 28.1 Å². The highest BCUT2D eigenvalue weighted by Crippen LogP contribution is 2.29. The Kier molecular flexibility index (Phi) is 3.19. The zero-order valence-electron chi connectivity index (χ0n) is 8.95. The number of hydrogen-bond donors (Lipinski definition) is 1. The van der Waals surface area contributed by atoms with Gasteiger partial charge in [-0.1, -0.05) is 0 Å². The number of carbonyl (C=O) groups is 1. The second-order valence-corrected chi connectivity index (χ2v) is 3.89. The first-order chi connectivity index (χ1) is 7.54. The van der Waals surface area contributed by atoms with Gasteiger partial charge in [-0.25, -0.2) is 15.2 Å². The molecular formula is C7H10F3N3O4. The molecule has 17 heavy (non-hydrogen) atoms. The van der Waals surface area contributed by atoms with E-state index in [2.05, 4.69) is 4.74 Å². The number of nitro groups is 1. The van der Waals surface area contributed by atoms with Gasteiger partial charge in [-0.2, -0.15) is 13.2 Å². The van der Waals surface area contributed by atoms with E-state index in [1.165, 1.54) is 13.8 Å². The molecule has 1 heterocycles. The molecule has 0 radical (unpaired) electrons. The summed E-state index contributed by atoms with van der Waals surface area (Å²) in [5, 5.41) is 10.7. The third-order valence-electron chi connectivity index (χ3n) is 2.07. The van der Waals surface area contributed by atoms with Crippen molar-refractivity contribution < 1.29 is 27.6 Å².